The van der Waals surface area contributed by atoms with Crippen LogP contribution in [0.3, 0.4) is 0 Å². The van der Waals surface area contributed by atoms with Crippen LogP contribution in [0.4, 0.5) is 5.00 Å². The van der Waals surface area contributed by atoms with E-state index in [0.29, 0.717) is 23.7 Å². The van der Waals surface area contributed by atoms with Crippen molar-refractivity contribution in [2.45, 2.75) is 67.9 Å². The molecule has 1 fully saturated rings. The first-order chi connectivity index (χ1) is 12.4. The van der Waals surface area contributed by atoms with Crippen molar-refractivity contribution in [2.75, 3.05) is 18.5 Å². The highest BCUT2D eigenvalue weighted by Crippen LogP contribution is 2.68. The van der Waals surface area contributed by atoms with Gasteiger partial charge in [-0.3, -0.25) is 9.59 Å². The van der Waals surface area contributed by atoms with Crippen molar-refractivity contribution < 1.29 is 14.3 Å². The van der Waals surface area contributed by atoms with Crippen molar-refractivity contribution in [3.05, 3.63) is 16.0 Å². The Bertz CT molecular complexity index is 705. The van der Waals surface area contributed by atoms with Gasteiger partial charge in [0.15, 0.2) is 0 Å². The molecule has 0 radical (unpaired) electrons. The third-order valence-corrected chi connectivity index (χ3v) is 7.31. The number of aryl methyl sites for hydroxylation is 1. The van der Waals surface area contributed by atoms with E-state index >= 15 is 0 Å². The molecule has 27 heavy (non-hydrogen) atoms. The van der Waals surface area contributed by atoms with Gasteiger partial charge in [-0.15, -0.1) is 11.3 Å². The van der Waals surface area contributed by atoms with Gasteiger partial charge in [-0.25, -0.2) is 0 Å². The van der Waals surface area contributed by atoms with Crippen LogP contribution < -0.4 is 10.6 Å². The number of anilines is 1. The summed E-state index contributed by atoms with van der Waals surface area (Å²) in [7, 11) is 0. The fraction of sp³-hybridized carbons (Fsp3) is 0.714. The van der Waals surface area contributed by atoms with Gasteiger partial charge in [0, 0.05) is 23.9 Å². The molecule has 0 saturated heterocycles. The molecule has 0 bridgehead atoms. The van der Waals surface area contributed by atoms with Crippen LogP contribution in [0.1, 0.15) is 68.8 Å². The zero-order chi connectivity index (χ0) is 20.6. The van der Waals surface area contributed by atoms with E-state index in [1.807, 2.05) is 27.7 Å². The lowest BCUT2D eigenvalue weighted by Gasteiger charge is -2.10. The number of nitrogens with one attached hydrogen (secondary N) is 2. The predicted octanol–water partition coefficient (Wildman–Crippen LogP) is 4.53. The molecule has 1 saturated carbocycles. The van der Waals surface area contributed by atoms with Gasteiger partial charge < -0.3 is 15.4 Å². The van der Waals surface area contributed by atoms with Gasteiger partial charge in [0.25, 0.3) is 5.91 Å². The lowest BCUT2D eigenvalue weighted by molar-refractivity contribution is -0.118. The highest BCUT2D eigenvalue weighted by Gasteiger charge is 2.68. The van der Waals surface area contributed by atoms with E-state index in [0.717, 1.165) is 16.9 Å². The molecule has 0 aliphatic heterocycles. The van der Waals surface area contributed by atoms with E-state index < -0.39 is 0 Å². The summed E-state index contributed by atoms with van der Waals surface area (Å²) < 4.78 is 5.50. The Morgan fingerprint density at radius 1 is 1.15 bits per heavy atom. The normalized spacial score (nSPS) is 17.8. The molecule has 1 heterocycles. The zero-order valence-electron chi connectivity index (χ0n) is 17.9. The van der Waals surface area contributed by atoms with Crippen molar-refractivity contribution >= 4 is 28.2 Å². The van der Waals surface area contributed by atoms with Crippen LogP contribution in [0, 0.1) is 30.6 Å². The van der Waals surface area contributed by atoms with Gasteiger partial charge in [-0.05, 0) is 50.5 Å². The zero-order valence-corrected chi connectivity index (χ0v) is 18.7. The maximum absolute atomic E-state index is 12.8. The molecule has 5 nitrogen and oxygen atoms in total. The monoisotopic (exact) mass is 394 g/mol. The fourth-order valence-corrected chi connectivity index (χ4v) is 4.77. The van der Waals surface area contributed by atoms with Crippen molar-refractivity contribution in [3.8, 4) is 0 Å². The van der Waals surface area contributed by atoms with Gasteiger partial charge >= 0.3 is 0 Å². The van der Waals surface area contributed by atoms with Gasteiger partial charge in [-0.2, -0.15) is 0 Å². The van der Waals surface area contributed by atoms with E-state index in [4.69, 9.17) is 4.74 Å². The molecule has 0 spiro atoms. The first kappa shape index (κ1) is 21.9. The summed E-state index contributed by atoms with van der Waals surface area (Å²) >= 11 is 1.47. The topological polar surface area (TPSA) is 67.4 Å². The van der Waals surface area contributed by atoms with Crippen molar-refractivity contribution in [1.29, 1.82) is 0 Å². The van der Waals surface area contributed by atoms with Crippen LogP contribution in [0.5, 0.6) is 0 Å². The van der Waals surface area contributed by atoms with Crippen molar-refractivity contribution in [1.82, 2.24) is 5.32 Å². The Hall–Kier alpha value is -1.40. The van der Waals surface area contributed by atoms with Gasteiger partial charge in [-0.1, -0.05) is 27.7 Å². The summed E-state index contributed by atoms with van der Waals surface area (Å²) in [6.45, 7) is 17.6. The average molecular weight is 395 g/mol. The second kappa shape index (κ2) is 7.92. The number of hydrogen-bond acceptors (Lipinski definition) is 4. The van der Waals surface area contributed by atoms with Crippen LogP contribution >= 0.6 is 11.3 Å². The Morgan fingerprint density at radius 2 is 1.74 bits per heavy atom. The van der Waals surface area contributed by atoms with Gasteiger partial charge in [0.2, 0.25) is 5.91 Å². The van der Waals surface area contributed by atoms with Gasteiger partial charge in [0.1, 0.15) is 5.00 Å². The van der Waals surface area contributed by atoms with Crippen LogP contribution in [0.2, 0.25) is 0 Å². The highest BCUT2D eigenvalue weighted by molar-refractivity contribution is 7.16. The maximum Gasteiger partial charge on any atom is 0.254 e. The van der Waals surface area contributed by atoms with Crippen LogP contribution in [-0.2, 0) is 9.53 Å². The highest BCUT2D eigenvalue weighted by atomic mass is 32.1. The van der Waals surface area contributed by atoms with Crippen LogP contribution in [-0.4, -0.2) is 31.1 Å². The number of rotatable bonds is 8. The van der Waals surface area contributed by atoms with Crippen LogP contribution in [0.15, 0.2) is 0 Å². The smallest absolute Gasteiger partial charge is 0.254 e. The summed E-state index contributed by atoms with van der Waals surface area (Å²) in [5, 5.41) is 6.65. The van der Waals surface area contributed by atoms with Crippen molar-refractivity contribution in [3.63, 3.8) is 0 Å². The molecule has 1 aromatic heterocycles. The number of carbonyl (C=O) groups is 2. The largest absolute Gasteiger partial charge is 0.379 e. The van der Waals surface area contributed by atoms with Gasteiger partial charge in [0.05, 0.1) is 11.7 Å². The third-order valence-electron chi connectivity index (χ3n) is 6.19. The van der Waals surface area contributed by atoms with Crippen molar-refractivity contribution in [2.24, 2.45) is 16.7 Å². The molecule has 1 aromatic rings. The number of hydrogen-bond donors (Lipinski definition) is 2. The number of thiophene rings is 1. The van der Waals surface area contributed by atoms with Crippen LogP contribution in [0.25, 0.3) is 0 Å². The summed E-state index contributed by atoms with van der Waals surface area (Å²) in [6, 6.07) is 0. The molecule has 2 N–H and O–H groups in total. The quantitative estimate of drug-likeness (QED) is 0.637. The second-order valence-electron chi connectivity index (χ2n) is 8.88. The molecule has 1 aliphatic rings. The molecule has 2 amide bonds. The average Bonchev–Trinajstić information content (AvgIpc) is 2.77. The maximum atomic E-state index is 12.8. The molecule has 0 aromatic carbocycles. The SMILES string of the molecule is Cc1sc(NC(=O)C2C(C)(C)C2(C)C)c(C(=O)NCCCOC(C)C)c1C. The Balaban J connectivity index is 2.04. The minimum atomic E-state index is -0.133. The summed E-state index contributed by atoms with van der Waals surface area (Å²) in [6.07, 6.45) is 0.957. The molecule has 0 atom stereocenters. The lowest BCUT2D eigenvalue weighted by atomic mass is 10.0. The van der Waals surface area contributed by atoms with E-state index in [2.05, 4.69) is 38.3 Å². The number of carbonyl (C=O) groups excluding carboxylic acids is 2. The summed E-state index contributed by atoms with van der Waals surface area (Å²) in [4.78, 5) is 26.6. The first-order valence-corrected chi connectivity index (χ1v) is 10.5. The Morgan fingerprint density at radius 3 is 2.26 bits per heavy atom. The molecule has 0 unspecified atom stereocenters. The molecule has 152 valence electrons. The standard InChI is InChI=1S/C21H34N2O3S/c1-12(2)26-11-9-10-22-17(24)15-13(3)14(4)27-19(15)23-18(25)16-20(5,6)21(16,7)8/h12,16H,9-11H2,1-8H3,(H,22,24)(H,23,25). The number of amides is 2. The lowest BCUT2D eigenvalue weighted by Crippen LogP contribution is -2.27. The third kappa shape index (κ3) is 4.37. The Labute approximate surface area is 167 Å². The fourth-order valence-electron chi connectivity index (χ4n) is 3.71. The second-order valence-corrected chi connectivity index (χ2v) is 10.1. The summed E-state index contributed by atoms with van der Waals surface area (Å²) in [5.74, 6) is -0.173. The molecule has 2 rings (SSSR count). The first-order valence-electron chi connectivity index (χ1n) is 9.72. The van der Waals surface area contributed by atoms with E-state index in [1.54, 1.807) is 0 Å². The number of ether oxygens (including phenoxy) is 1. The van der Waals surface area contributed by atoms with E-state index in [9.17, 15) is 9.59 Å². The minimum Gasteiger partial charge on any atom is -0.379 e. The molecule has 6 heteroatoms. The van der Waals surface area contributed by atoms with E-state index in [1.165, 1.54) is 11.3 Å². The predicted molar refractivity (Wildman–Crippen MR) is 112 cm³/mol. The molecule has 1 aliphatic carbocycles. The Kier molecular flexibility index (Phi) is 6.42. The minimum absolute atomic E-state index is 0.00522. The van der Waals surface area contributed by atoms with E-state index in [-0.39, 0.29) is 34.7 Å². The molecular weight excluding hydrogens is 360 g/mol. The summed E-state index contributed by atoms with van der Waals surface area (Å²) in [5.41, 5.74) is 1.46. The molecular formula is C21H34N2O3S.